The molecule has 3 rings (SSSR count). The number of hydrogen-bond donors (Lipinski definition) is 0. The lowest BCUT2D eigenvalue weighted by molar-refractivity contribution is 0.296. The Kier molecular flexibility index (Phi) is 3.97. The molecule has 2 aromatic rings. The average Bonchev–Trinajstić information content (AvgIpc) is 2.92. The van der Waals surface area contributed by atoms with Gasteiger partial charge in [-0.1, -0.05) is 22.0 Å². The molecule has 0 saturated heterocycles. The molecule has 0 fully saturated rings. The quantitative estimate of drug-likeness (QED) is 0.819. The maximum absolute atomic E-state index is 5.91. The Bertz CT molecular complexity index is 622. The zero-order valence-corrected chi connectivity index (χ0v) is 13.1. The second kappa shape index (κ2) is 5.88. The summed E-state index contributed by atoms with van der Waals surface area (Å²) in [6.07, 6.45) is 3.64. The molecule has 104 valence electrons. The van der Waals surface area contributed by atoms with Gasteiger partial charge >= 0.3 is 0 Å². The number of hydrogen-bond acceptors (Lipinski definition) is 2. The van der Waals surface area contributed by atoms with Gasteiger partial charge in [0.15, 0.2) is 0 Å². The van der Waals surface area contributed by atoms with Crippen LogP contribution < -0.4 is 9.47 Å². The van der Waals surface area contributed by atoms with Crippen LogP contribution in [-0.2, 0) is 19.4 Å². The molecule has 1 aliphatic carbocycles. The SMILES string of the molecule is COc1ccc(Br)cc1COc1ccc2c(c1)CCC2. The third-order valence-corrected chi connectivity index (χ3v) is 4.20. The van der Waals surface area contributed by atoms with Crippen LogP contribution in [0.25, 0.3) is 0 Å². The highest BCUT2D eigenvalue weighted by atomic mass is 79.9. The summed E-state index contributed by atoms with van der Waals surface area (Å²) >= 11 is 3.48. The Morgan fingerprint density at radius 2 is 1.90 bits per heavy atom. The van der Waals surface area contributed by atoms with Crippen LogP contribution in [0, 0.1) is 0 Å². The molecule has 0 aromatic heterocycles. The highest BCUT2D eigenvalue weighted by Crippen LogP contribution is 2.28. The Labute approximate surface area is 127 Å². The summed E-state index contributed by atoms with van der Waals surface area (Å²) in [6, 6.07) is 12.4. The lowest BCUT2D eigenvalue weighted by Crippen LogP contribution is -1.99. The Morgan fingerprint density at radius 3 is 2.75 bits per heavy atom. The summed E-state index contributed by atoms with van der Waals surface area (Å²) in [5, 5.41) is 0. The van der Waals surface area contributed by atoms with E-state index in [1.165, 1.54) is 30.4 Å². The third kappa shape index (κ3) is 2.83. The minimum absolute atomic E-state index is 0.515. The van der Waals surface area contributed by atoms with E-state index < -0.39 is 0 Å². The van der Waals surface area contributed by atoms with Crippen molar-refractivity contribution in [3.8, 4) is 11.5 Å². The van der Waals surface area contributed by atoms with Crippen molar-refractivity contribution in [1.82, 2.24) is 0 Å². The molecule has 0 aliphatic heterocycles. The number of rotatable bonds is 4. The lowest BCUT2D eigenvalue weighted by Gasteiger charge is -2.11. The van der Waals surface area contributed by atoms with Gasteiger partial charge in [-0.15, -0.1) is 0 Å². The van der Waals surface area contributed by atoms with Crippen molar-refractivity contribution >= 4 is 15.9 Å². The molecule has 1 aliphatic rings. The van der Waals surface area contributed by atoms with Crippen molar-refractivity contribution in [3.05, 3.63) is 57.6 Å². The van der Waals surface area contributed by atoms with E-state index >= 15 is 0 Å². The van der Waals surface area contributed by atoms with E-state index in [1.54, 1.807) is 7.11 Å². The molecule has 0 saturated carbocycles. The average molecular weight is 333 g/mol. The predicted molar refractivity (Wildman–Crippen MR) is 83.5 cm³/mol. The maximum Gasteiger partial charge on any atom is 0.125 e. The van der Waals surface area contributed by atoms with Gasteiger partial charge in [-0.25, -0.2) is 0 Å². The maximum atomic E-state index is 5.91. The van der Waals surface area contributed by atoms with Crippen LogP contribution in [0.1, 0.15) is 23.1 Å². The molecule has 0 N–H and O–H groups in total. The fourth-order valence-corrected chi connectivity index (χ4v) is 3.07. The van der Waals surface area contributed by atoms with E-state index in [-0.39, 0.29) is 0 Å². The number of ether oxygens (including phenoxy) is 2. The monoisotopic (exact) mass is 332 g/mol. The predicted octanol–water partition coefficient (Wildman–Crippen LogP) is 4.53. The minimum atomic E-state index is 0.515. The van der Waals surface area contributed by atoms with E-state index in [1.807, 2.05) is 18.2 Å². The topological polar surface area (TPSA) is 18.5 Å². The third-order valence-electron chi connectivity index (χ3n) is 3.71. The second-order valence-corrected chi connectivity index (χ2v) is 5.94. The van der Waals surface area contributed by atoms with Crippen molar-refractivity contribution < 1.29 is 9.47 Å². The first kappa shape index (κ1) is 13.5. The first-order chi connectivity index (χ1) is 9.76. The van der Waals surface area contributed by atoms with E-state index in [0.29, 0.717) is 6.61 Å². The number of halogens is 1. The summed E-state index contributed by atoms with van der Waals surface area (Å²) in [4.78, 5) is 0. The molecule has 0 radical (unpaired) electrons. The van der Waals surface area contributed by atoms with E-state index in [4.69, 9.17) is 9.47 Å². The zero-order chi connectivity index (χ0) is 13.9. The van der Waals surface area contributed by atoms with E-state index in [0.717, 1.165) is 21.5 Å². The Balaban J connectivity index is 1.75. The Morgan fingerprint density at radius 1 is 1.05 bits per heavy atom. The fourth-order valence-electron chi connectivity index (χ4n) is 2.66. The molecule has 0 heterocycles. The number of methoxy groups -OCH3 is 1. The zero-order valence-electron chi connectivity index (χ0n) is 11.5. The van der Waals surface area contributed by atoms with Gasteiger partial charge in [0.1, 0.15) is 18.1 Å². The molecule has 2 nitrogen and oxygen atoms in total. The molecular formula is C17H17BrO2. The molecule has 20 heavy (non-hydrogen) atoms. The normalized spacial score (nSPS) is 13.1. The van der Waals surface area contributed by atoms with Crippen LogP contribution in [-0.4, -0.2) is 7.11 Å². The van der Waals surface area contributed by atoms with Crippen LogP contribution >= 0.6 is 15.9 Å². The van der Waals surface area contributed by atoms with Gasteiger partial charge in [0.05, 0.1) is 7.11 Å². The van der Waals surface area contributed by atoms with Crippen LogP contribution in [0.3, 0.4) is 0 Å². The van der Waals surface area contributed by atoms with Gasteiger partial charge in [-0.05, 0) is 60.7 Å². The van der Waals surface area contributed by atoms with Gasteiger partial charge < -0.3 is 9.47 Å². The summed E-state index contributed by atoms with van der Waals surface area (Å²) < 4.78 is 12.3. The van der Waals surface area contributed by atoms with E-state index in [9.17, 15) is 0 Å². The van der Waals surface area contributed by atoms with Crippen LogP contribution in [0.5, 0.6) is 11.5 Å². The minimum Gasteiger partial charge on any atom is -0.496 e. The van der Waals surface area contributed by atoms with Crippen molar-refractivity contribution in [1.29, 1.82) is 0 Å². The van der Waals surface area contributed by atoms with Crippen LogP contribution in [0.4, 0.5) is 0 Å². The van der Waals surface area contributed by atoms with Gasteiger partial charge in [0, 0.05) is 10.0 Å². The van der Waals surface area contributed by atoms with Crippen molar-refractivity contribution in [3.63, 3.8) is 0 Å². The van der Waals surface area contributed by atoms with E-state index in [2.05, 4.69) is 34.1 Å². The molecule has 3 heteroatoms. The van der Waals surface area contributed by atoms with Gasteiger partial charge in [0.25, 0.3) is 0 Å². The van der Waals surface area contributed by atoms with Crippen LogP contribution in [0.2, 0.25) is 0 Å². The largest absolute Gasteiger partial charge is 0.496 e. The highest BCUT2D eigenvalue weighted by molar-refractivity contribution is 9.10. The number of benzene rings is 2. The number of fused-ring (bicyclic) bond motifs is 1. The molecule has 0 unspecified atom stereocenters. The van der Waals surface area contributed by atoms with Crippen LogP contribution in [0.15, 0.2) is 40.9 Å². The van der Waals surface area contributed by atoms with Gasteiger partial charge in [-0.2, -0.15) is 0 Å². The Hall–Kier alpha value is -1.48. The molecule has 0 amide bonds. The van der Waals surface area contributed by atoms with Gasteiger partial charge in [0.2, 0.25) is 0 Å². The standard InChI is InChI=1S/C17H17BrO2/c1-19-17-8-6-15(18)9-14(17)11-20-16-7-5-12-3-2-4-13(12)10-16/h5-10H,2-4,11H2,1H3. The van der Waals surface area contributed by atoms with Gasteiger partial charge in [-0.3, -0.25) is 0 Å². The molecule has 2 aromatic carbocycles. The van der Waals surface area contributed by atoms with Crippen molar-refractivity contribution in [2.75, 3.05) is 7.11 Å². The first-order valence-corrected chi connectivity index (χ1v) is 7.62. The lowest BCUT2D eigenvalue weighted by atomic mass is 10.1. The summed E-state index contributed by atoms with van der Waals surface area (Å²) in [5.41, 5.74) is 3.95. The molecule has 0 spiro atoms. The number of aryl methyl sites for hydroxylation is 2. The molecule has 0 bridgehead atoms. The summed E-state index contributed by atoms with van der Waals surface area (Å²) in [5.74, 6) is 1.79. The first-order valence-electron chi connectivity index (χ1n) is 6.83. The smallest absolute Gasteiger partial charge is 0.125 e. The molecular weight excluding hydrogens is 316 g/mol. The fraction of sp³-hybridized carbons (Fsp3) is 0.294. The highest BCUT2D eigenvalue weighted by Gasteiger charge is 2.11. The summed E-state index contributed by atoms with van der Waals surface area (Å²) in [6.45, 7) is 0.515. The van der Waals surface area contributed by atoms with Crippen molar-refractivity contribution in [2.45, 2.75) is 25.9 Å². The molecule has 0 atom stereocenters. The van der Waals surface area contributed by atoms with Crippen molar-refractivity contribution in [2.24, 2.45) is 0 Å². The summed E-state index contributed by atoms with van der Waals surface area (Å²) in [7, 11) is 1.68. The second-order valence-electron chi connectivity index (χ2n) is 5.03.